The Bertz CT molecular complexity index is 749. The lowest BCUT2D eigenvalue weighted by molar-refractivity contribution is -0.115. The summed E-state index contributed by atoms with van der Waals surface area (Å²) in [6.07, 6.45) is 1.44. The van der Waals surface area contributed by atoms with Gasteiger partial charge in [-0.05, 0) is 42.3 Å². The molecule has 0 aliphatic rings. The Hall–Kier alpha value is -2.14. The first kappa shape index (κ1) is 15.3. The smallest absolute Gasteiger partial charge is 0.228 e. The summed E-state index contributed by atoms with van der Waals surface area (Å²) < 4.78 is 22.7. The van der Waals surface area contributed by atoms with Gasteiger partial charge < -0.3 is 5.32 Å². The monoisotopic (exact) mass is 303 g/mol. The van der Waals surface area contributed by atoms with Crippen LogP contribution in [0.4, 0.5) is 5.69 Å². The lowest BCUT2D eigenvalue weighted by atomic mass is 10.1. The van der Waals surface area contributed by atoms with Gasteiger partial charge in [0.1, 0.15) is 0 Å². The maximum Gasteiger partial charge on any atom is 0.228 e. The Morgan fingerprint density at radius 2 is 1.67 bits per heavy atom. The van der Waals surface area contributed by atoms with Crippen LogP contribution in [-0.2, 0) is 21.1 Å². The maximum absolute atomic E-state index is 12.0. The number of carbonyl (C=O) groups is 1. The Kier molecular flexibility index (Phi) is 4.43. The predicted octanol–water partition coefficient (Wildman–Crippen LogP) is 2.58. The first-order valence-corrected chi connectivity index (χ1v) is 8.40. The largest absolute Gasteiger partial charge is 0.326 e. The van der Waals surface area contributed by atoms with E-state index in [4.69, 9.17) is 0 Å². The molecule has 0 aliphatic carbocycles. The van der Waals surface area contributed by atoms with E-state index in [1.807, 2.05) is 31.2 Å². The van der Waals surface area contributed by atoms with Gasteiger partial charge in [-0.3, -0.25) is 4.79 Å². The quantitative estimate of drug-likeness (QED) is 0.944. The number of hydrogen-bond donors (Lipinski definition) is 1. The van der Waals surface area contributed by atoms with Gasteiger partial charge in [0.25, 0.3) is 0 Å². The fourth-order valence-electron chi connectivity index (χ4n) is 1.97. The van der Waals surface area contributed by atoms with Gasteiger partial charge >= 0.3 is 0 Å². The third-order valence-corrected chi connectivity index (χ3v) is 4.31. The molecule has 1 amide bonds. The van der Waals surface area contributed by atoms with Crippen molar-refractivity contribution in [1.82, 2.24) is 0 Å². The van der Waals surface area contributed by atoms with E-state index in [9.17, 15) is 13.2 Å². The molecule has 0 fully saturated rings. The number of rotatable bonds is 4. The number of carbonyl (C=O) groups excluding carboxylic acids is 1. The van der Waals surface area contributed by atoms with E-state index in [0.29, 0.717) is 12.1 Å². The highest BCUT2D eigenvalue weighted by atomic mass is 32.2. The molecule has 2 aromatic rings. The van der Waals surface area contributed by atoms with Crippen molar-refractivity contribution in [2.75, 3.05) is 11.6 Å². The van der Waals surface area contributed by atoms with E-state index in [0.717, 1.165) is 17.4 Å². The van der Waals surface area contributed by atoms with Gasteiger partial charge in [0.05, 0.1) is 11.3 Å². The Balaban J connectivity index is 2.05. The van der Waals surface area contributed by atoms with E-state index < -0.39 is 9.84 Å². The molecule has 0 heterocycles. The van der Waals surface area contributed by atoms with Crippen molar-refractivity contribution in [3.63, 3.8) is 0 Å². The first-order chi connectivity index (χ1) is 9.86. The van der Waals surface area contributed by atoms with Gasteiger partial charge in [-0.25, -0.2) is 8.42 Å². The molecule has 0 saturated heterocycles. The fourth-order valence-corrected chi connectivity index (χ4v) is 2.60. The van der Waals surface area contributed by atoms with Crippen molar-refractivity contribution < 1.29 is 13.2 Å². The number of nitrogens with one attached hydrogen (secondary N) is 1. The summed E-state index contributed by atoms with van der Waals surface area (Å²) in [6.45, 7) is 1.96. The third-order valence-electron chi connectivity index (χ3n) is 3.18. The fraction of sp³-hybridized carbons (Fsp3) is 0.188. The standard InChI is InChI=1S/C16H17NO3S/c1-12-5-3-4-6-13(12)11-16(18)17-14-7-9-15(10-8-14)21(2,19)20/h3-10H,11H2,1-2H3,(H,17,18). The molecular formula is C16H17NO3S. The second kappa shape index (κ2) is 6.10. The van der Waals surface area contributed by atoms with Gasteiger partial charge in [0.2, 0.25) is 5.91 Å². The van der Waals surface area contributed by atoms with E-state index >= 15 is 0 Å². The lowest BCUT2D eigenvalue weighted by Gasteiger charge is -2.08. The van der Waals surface area contributed by atoms with Gasteiger partial charge in [-0.1, -0.05) is 24.3 Å². The third kappa shape index (κ3) is 4.16. The summed E-state index contributed by atoms with van der Waals surface area (Å²) >= 11 is 0. The van der Waals surface area contributed by atoms with Crippen LogP contribution in [-0.4, -0.2) is 20.6 Å². The number of benzene rings is 2. The van der Waals surface area contributed by atoms with Crippen LogP contribution in [0.5, 0.6) is 0 Å². The Morgan fingerprint density at radius 1 is 1.05 bits per heavy atom. The van der Waals surface area contributed by atoms with E-state index in [1.165, 1.54) is 12.1 Å². The van der Waals surface area contributed by atoms with Crippen LogP contribution in [0.25, 0.3) is 0 Å². The highest BCUT2D eigenvalue weighted by Gasteiger charge is 2.08. The molecular weight excluding hydrogens is 286 g/mol. The van der Waals surface area contributed by atoms with Crippen LogP contribution < -0.4 is 5.32 Å². The molecule has 21 heavy (non-hydrogen) atoms. The average Bonchev–Trinajstić information content (AvgIpc) is 2.41. The molecule has 0 unspecified atom stereocenters. The van der Waals surface area contributed by atoms with E-state index in [-0.39, 0.29) is 10.8 Å². The molecule has 0 spiro atoms. The highest BCUT2D eigenvalue weighted by Crippen LogP contribution is 2.15. The van der Waals surface area contributed by atoms with Crippen LogP contribution in [0.1, 0.15) is 11.1 Å². The van der Waals surface area contributed by atoms with Crippen LogP contribution in [0, 0.1) is 6.92 Å². The molecule has 0 radical (unpaired) electrons. The first-order valence-electron chi connectivity index (χ1n) is 6.51. The minimum absolute atomic E-state index is 0.128. The summed E-state index contributed by atoms with van der Waals surface area (Å²) in [7, 11) is -3.21. The van der Waals surface area contributed by atoms with Gasteiger partial charge in [0, 0.05) is 11.9 Å². The van der Waals surface area contributed by atoms with Crippen molar-refractivity contribution in [3.8, 4) is 0 Å². The van der Waals surface area contributed by atoms with Crippen LogP contribution in [0.3, 0.4) is 0 Å². The average molecular weight is 303 g/mol. The molecule has 0 saturated carbocycles. The molecule has 0 atom stereocenters. The summed E-state index contributed by atoms with van der Waals surface area (Å²) in [5.74, 6) is -0.128. The molecule has 1 N–H and O–H groups in total. The summed E-state index contributed by atoms with van der Waals surface area (Å²) in [5, 5.41) is 2.76. The SMILES string of the molecule is Cc1ccccc1CC(=O)Nc1ccc(S(C)(=O)=O)cc1. The molecule has 4 nitrogen and oxygen atoms in total. The zero-order valence-corrected chi connectivity index (χ0v) is 12.8. The minimum Gasteiger partial charge on any atom is -0.326 e. The molecule has 5 heteroatoms. The van der Waals surface area contributed by atoms with Gasteiger partial charge in [-0.2, -0.15) is 0 Å². The zero-order valence-electron chi connectivity index (χ0n) is 12.0. The molecule has 2 rings (SSSR count). The second-order valence-corrected chi connectivity index (χ2v) is 6.96. The van der Waals surface area contributed by atoms with Crippen molar-refractivity contribution >= 4 is 21.4 Å². The molecule has 110 valence electrons. The number of amides is 1. The Labute approximate surface area is 124 Å². The number of sulfone groups is 1. The molecule has 0 aliphatic heterocycles. The number of anilines is 1. The van der Waals surface area contributed by atoms with Crippen molar-refractivity contribution in [2.24, 2.45) is 0 Å². The van der Waals surface area contributed by atoms with Crippen molar-refractivity contribution in [1.29, 1.82) is 0 Å². The normalized spacial score (nSPS) is 11.1. The van der Waals surface area contributed by atoms with Gasteiger partial charge in [0.15, 0.2) is 9.84 Å². The van der Waals surface area contributed by atoms with E-state index in [2.05, 4.69) is 5.32 Å². The summed E-state index contributed by atoms with van der Waals surface area (Å²) in [6, 6.07) is 13.9. The summed E-state index contributed by atoms with van der Waals surface area (Å²) in [4.78, 5) is 12.2. The van der Waals surface area contributed by atoms with Crippen molar-refractivity contribution in [3.05, 3.63) is 59.7 Å². The molecule has 0 aromatic heterocycles. The minimum atomic E-state index is -3.21. The second-order valence-electron chi connectivity index (χ2n) is 4.95. The zero-order chi connectivity index (χ0) is 15.5. The maximum atomic E-state index is 12.0. The van der Waals surface area contributed by atoms with Crippen LogP contribution in [0.2, 0.25) is 0 Å². The highest BCUT2D eigenvalue weighted by molar-refractivity contribution is 7.90. The Morgan fingerprint density at radius 3 is 2.24 bits per heavy atom. The predicted molar refractivity (Wildman–Crippen MR) is 83.1 cm³/mol. The van der Waals surface area contributed by atoms with Crippen LogP contribution >= 0.6 is 0 Å². The van der Waals surface area contributed by atoms with Crippen LogP contribution in [0.15, 0.2) is 53.4 Å². The topological polar surface area (TPSA) is 63.2 Å². The molecule has 0 bridgehead atoms. The van der Waals surface area contributed by atoms with Crippen molar-refractivity contribution in [2.45, 2.75) is 18.2 Å². The summed E-state index contributed by atoms with van der Waals surface area (Å²) in [5.41, 5.74) is 2.63. The van der Waals surface area contributed by atoms with Gasteiger partial charge in [-0.15, -0.1) is 0 Å². The number of hydrogen-bond acceptors (Lipinski definition) is 3. The lowest BCUT2D eigenvalue weighted by Crippen LogP contribution is -2.15. The van der Waals surface area contributed by atoms with E-state index in [1.54, 1.807) is 12.1 Å². The number of aryl methyl sites for hydroxylation is 1. The molecule has 2 aromatic carbocycles.